The van der Waals surface area contributed by atoms with Gasteiger partial charge in [0.1, 0.15) is 0 Å². The summed E-state index contributed by atoms with van der Waals surface area (Å²) in [4.78, 5) is 15.1. The number of oxazole rings is 1. The molecule has 1 aromatic carbocycles. The van der Waals surface area contributed by atoms with Crippen LogP contribution in [0.25, 0.3) is 0 Å². The average molecular weight is 215 g/mol. The summed E-state index contributed by atoms with van der Waals surface area (Å²) in [6.45, 7) is 3.52. The third kappa shape index (κ3) is 2.19. The lowest BCUT2D eigenvalue weighted by Crippen LogP contribution is -1.91. The molecule has 0 spiro atoms. The van der Waals surface area contributed by atoms with Crippen LogP contribution in [-0.4, -0.2) is 10.8 Å². The van der Waals surface area contributed by atoms with E-state index in [4.69, 9.17) is 4.42 Å². The van der Waals surface area contributed by atoms with Crippen molar-refractivity contribution < 1.29 is 9.21 Å². The normalized spacial score (nSPS) is 10.4. The van der Waals surface area contributed by atoms with E-state index in [9.17, 15) is 4.79 Å². The van der Waals surface area contributed by atoms with Gasteiger partial charge in [-0.25, -0.2) is 4.98 Å². The highest BCUT2D eigenvalue weighted by Crippen LogP contribution is 2.13. The minimum absolute atomic E-state index is 0.0940. The quantitative estimate of drug-likeness (QED) is 0.739. The Morgan fingerprint density at radius 3 is 2.75 bits per heavy atom. The molecule has 0 amide bonds. The van der Waals surface area contributed by atoms with Crippen molar-refractivity contribution in [3.05, 3.63) is 53.2 Å². The fraction of sp³-hybridized carbons (Fsp3) is 0.231. The van der Waals surface area contributed by atoms with Crippen molar-refractivity contribution in [2.45, 2.75) is 20.3 Å². The summed E-state index contributed by atoms with van der Waals surface area (Å²) in [5.74, 6) is 0.812. The lowest BCUT2D eigenvalue weighted by molar-refractivity contribution is 0.0985. The molecule has 0 saturated carbocycles. The Kier molecular flexibility index (Phi) is 2.86. The Hall–Kier alpha value is -1.90. The minimum atomic E-state index is -0.0940. The number of rotatable bonds is 3. The summed E-state index contributed by atoms with van der Waals surface area (Å²) in [6.07, 6.45) is 2.11. The maximum Gasteiger partial charge on any atom is 0.199 e. The van der Waals surface area contributed by atoms with Gasteiger partial charge in [-0.05, 0) is 18.1 Å². The second-order valence-electron chi connectivity index (χ2n) is 3.78. The van der Waals surface area contributed by atoms with Gasteiger partial charge in [0.15, 0.2) is 17.4 Å². The molecule has 0 unspecified atom stereocenters. The zero-order valence-corrected chi connectivity index (χ0v) is 9.36. The molecular formula is C13H13NO2. The molecule has 0 aliphatic heterocycles. The van der Waals surface area contributed by atoms with E-state index in [1.165, 1.54) is 24.2 Å². The van der Waals surface area contributed by atoms with Crippen LogP contribution in [0.15, 0.2) is 34.9 Å². The Balaban J connectivity index is 2.21. The van der Waals surface area contributed by atoms with Crippen molar-refractivity contribution in [2.24, 2.45) is 0 Å². The number of benzene rings is 1. The Bertz CT molecular complexity index is 514. The molecule has 0 N–H and O–H groups in total. The van der Waals surface area contributed by atoms with Crippen molar-refractivity contribution >= 4 is 5.78 Å². The average Bonchev–Trinajstić information content (AvgIpc) is 2.70. The van der Waals surface area contributed by atoms with Crippen LogP contribution in [0, 0.1) is 6.92 Å². The summed E-state index contributed by atoms with van der Waals surface area (Å²) in [6, 6.07) is 8.06. The molecule has 0 radical (unpaired) electrons. The van der Waals surface area contributed by atoms with E-state index in [2.05, 4.69) is 4.98 Å². The standard InChI is InChI=1S/C13H13NO2/c1-9-5-3-4-6-11(9)7-13-14-8-12(16-13)10(2)15/h3-6,8H,7H2,1-2H3. The number of hydrogen-bond donors (Lipinski definition) is 0. The summed E-state index contributed by atoms with van der Waals surface area (Å²) < 4.78 is 5.34. The topological polar surface area (TPSA) is 43.1 Å². The number of carbonyl (C=O) groups excluding carboxylic acids is 1. The molecule has 0 bridgehead atoms. The highest BCUT2D eigenvalue weighted by molar-refractivity contribution is 5.90. The molecule has 0 aliphatic rings. The van der Waals surface area contributed by atoms with Crippen LogP contribution in [0.2, 0.25) is 0 Å². The third-order valence-electron chi connectivity index (χ3n) is 2.50. The SMILES string of the molecule is CC(=O)c1cnc(Cc2ccccc2C)o1. The van der Waals surface area contributed by atoms with Gasteiger partial charge in [-0.15, -0.1) is 0 Å². The first-order valence-corrected chi connectivity index (χ1v) is 5.17. The van der Waals surface area contributed by atoms with Gasteiger partial charge in [0, 0.05) is 13.3 Å². The first kappa shape index (κ1) is 10.6. The van der Waals surface area contributed by atoms with Crippen molar-refractivity contribution in [3.8, 4) is 0 Å². The lowest BCUT2D eigenvalue weighted by Gasteiger charge is -2.01. The Labute approximate surface area is 94.1 Å². The number of hydrogen-bond acceptors (Lipinski definition) is 3. The van der Waals surface area contributed by atoms with E-state index >= 15 is 0 Å². The van der Waals surface area contributed by atoms with Crippen LogP contribution in [0.1, 0.15) is 34.5 Å². The van der Waals surface area contributed by atoms with Crippen LogP contribution in [-0.2, 0) is 6.42 Å². The molecular weight excluding hydrogens is 202 g/mol. The van der Waals surface area contributed by atoms with Gasteiger partial charge in [0.25, 0.3) is 0 Å². The Morgan fingerprint density at radius 1 is 1.38 bits per heavy atom. The van der Waals surface area contributed by atoms with E-state index in [1.807, 2.05) is 31.2 Å². The number of Topliss-reactive ketones (excluding diaryl/α,β-unsaturated/α-hetero) is 1. The first-order chi connectivity index (χ1) is 7.66. The molecule has 1 heterocycles. The molecule has 0 fully saturated rings. The molecule has 2 rings (SSSR count). The second kappa shape index (κ2) is 4.31. The molecule has 0 atom stereocenters. The third-order valence-corrected chi connectivity index (χ3v) is 2.50. The summed E-state index contributed by atoms with van der Waals surface area (Å²) >= 11 is 0. The highest BCUT2D eigenvalue weighted by atomic mass is 16.4. The smallest absolute Gasteiger partial charge is 0.199 e. The Morgan fingerprint density at radius 2 is 2.12 bits per heavy atom. The summed E-state index contributed by atoms with van der Waals surface area (Å²) in [5.41, 5.74) is 2.37. The van der Waals surface area contributed by atoms with Crippen LogP contribution < -0.4 is 0 Å². The first-order valence-electron chi connectivity index (χ1n) is 5.17. The van der Waals surface area contributed by atoms with E-state index in [0.717, 1.165) is 0 Å². The predicted octanol–water partition coefficient (Wildman–Crippen LogP) is 2.78. The monoisotopic (exact) mass is 215 g/mol. The zero-order valence-electron chi connectivity index (χ0n) is 9.36. The van der Waals surface area contributed by atoms with Gasteiger partial charge in [-0.3, -0.25) is 4.79 Å². The number of ketones is 1. The second-order valence-corrected chi connectivity index (χ2v) is 3.78. The highest BCUT2D eigenvalue weighted by Gasteiger charge is 2.09. The van der Waals surface area contributed by atoms with E-state index in [1.54, 1.807) is 0 Å². The summed E-state index contributed by atoms with van der Waals surface area (Å²) in [7, 11) is 0. The fourth-order valence-electron chi connectivity index (χ4n) is 1.53. The molecule has 3 nitrogen and oxygen atoms in total. The van der Waals surface area contributed by atoms with Gasteiger partial charge in [0.2, 0.25) is 0 Å². The van der Waals surface area contributed by atoms with E-state index < -0.39 is 0 Å². The maximum atomic E-state index is 11.0. The largest absolute Gasteiger partial charge is 0.437 e. The van der Waals surface area contributed by atoms with Gasteiger partial charge in [-0.1, -0.05) is 24.3 Å². The molecule has 3 heteroatoms. The number of carbonyl (C=O) groups is 1. The molecule has 82 valence electrons. The van der Waals surface area contributed by atoms with Crippen molar-refractivity contribution in [3.63, 3.8) is 0 Å². The fourth-order valence-corrected chi connectivity index (χ4v) is 1.53. The molecule has 16 heavy (non-hydrogen) atoms. The minimum Gasteiger partial charge on any atom is -0.437 e. The maximum absolute atomic E-state index is 11.0. The predicted molar refractivity (Wildman–Crippen MR) is 60.5 cm³/mol. The molecule has 2 aromatic rings. The molecule has 0 aliphatic carbocycles. The van der Waals surface area contributed by atoms with E-state index in [0.29, 0.717) is 18.1 Å². The van der Waals surface area contributed by atoms with Crippen LogP contribution in [0.5, 0.6) is 0 Å². The van der Waals surface area contributed by atoms with Gasteiger partial charge >= 0.3 is 0 Å². The van der Waals surface area contributed by atoms with Crippen LogP contribution in [0.3, 0.4) is 0 Å². The number of nitrogens with zero attached hydrogens (tertiary/aromatic N) is 1. The number of aromatic nitrogens is 1. The summed E-state index contributed by atoms with van der Waals surface area (Å²) in [5, 5.41) is 0. The lowest BCUT2D eigenvalue weighted by atomic mass is 10.1. The van der Waals surface area contributed by atoms with Crippen molar-refractivity contribution in [1.29, 1.82) is 0 Å². The van der Waals surface area contributed by atoms with Crippen molar-refractivity contribution in [1.82, 2.24) is 4.98 Å². The van der Waals surface area contributed by atoms with Crippen LogP contribution in [0.4, 0.5) is 0 Å². The van der Waals surface area contributed by atoms with Gasteiger partial charge in [-0.2, -0.15) is 0 Å². The van der Waals surface area contributed by atoms with Crippen LogP contribution >= 0.6 is 0 Å². The molecule has 1 aromatic heterocycles. The van der Waals surface area contributed by atoms with Gasteiger partial charge in [0.05, 0.1) is 6.20 Å². The zero-order chi connectivity index (χ0) is 11.5. The number of aryl methyl sites for hydroxylation is 1. The van der Waals surface area contributed by atoms with Gasteiger partial charge < -0.3 is 4.42 Å². The van der Waals surface area contributed by atoms with E-state index in [-0.39, 0.29) is 5.78 Å². The molecule has 0 saturated heterocycles. The van der Waals surface area contributed by atoms with Crippen molar-refractivity contribution in [2.75, 3.05) is 0 Å².